The largest absolute Gasteiger partial charge is 0.380 e. The number of nitrogens with zero attached hydrogens (tertiary/aromatic N) is 2. The Morgan fingerprint density at radius 1 is 1.47 bits per heavy atom. The molecule has 0 radical (unpaired) electrons. The number of hydrogen-bond acceptors (Lipinski definition) is 4. The van der Waals surface area contributed by atoms with Gasteiger partial charge < -0.3 is 15.4 Å². The maximum atomic E-state index is 5.99. The molecule has 1 heterocycles. The fourth-order valence-corrected chi connectivity index (χ4v) is 2.67. The molecule has 4 nitrogen and oxygen atoms in total. The summed E-state index contributed by atoms with van der Waals surface area (Å²) in [5.41, 5.74) is 6.16. The highest BCUT2D eigenvalue weighted by atomic mass is 16.5. The third-order valence-electron chi connectivity index (χ3n) is 4.33. The van der Waals surface area contributed by atoms with Crippen molar-refractivity contribution in [1.29, 1.82) is 0 Å². The zero-order valence-corrected chi connectivity index (χ0v) is 11.3. The van der Waals surface area contributed by atoms with Crippen molar-refractivity contribution in [2.75, 3.05) is 53.5 Å². The Labute approximate surface area is 105 Å². The van der Waals surface area contributed by atoms with E-state index in [0.29, 0.717) is 0 Å². The number of ether oxygens (including phenoxy) is 1. The molecule has 2 N–H and O–H groups in total. The highest BCUT2D eigenvalue weighted by Crippen LogP contribution is 2.29. The van der Waals surface area contributed by atoms with Crippen LogP contribution in [0.1, 0.15) is 19.3 Å². The Kier molecular flexibility index (Phi) is 4.42. The number of likely N-dealkylation sites (tertiary alicyclic amines) is 1. The van der Waals surface area contributed by atoms with Gasteiger partial charge in [-0.05, 0) is 45.8 Å². The van der Waals surface area contributed by atoms with E-state index in [0.717, 1.165) is 45.3 Å². The Morgan fingerprint density at radius 3 is 2.76 bits per heavy atom. The first-order chi connectivity index (χ1) is 8.16. The molecule has 1 saturated heterocycles. The van der Waals surface area contributed by atoms with Gasteiger partial charge in [0.25, 0.3) is 0 Å². The summed E-state index contributed by atoms with van der Waals surface area (Å²) in [5, 5.41) is 0. The Bertz CT molecular complexity index is 245. The maximum Gasteiger partial charge on any atom is 0.0593 e. The third kappa shape index (κ3) is 3.41. The average molecular weight is 241 g/mol. The molecule has 0 aromatic heterocycles. The van der Waals surface area contributed by atoms with Crippen LogP contribution in [0.25, 0.3) is 0 Å². The van der Waals surface area contributed by atoms with E-state index < -0.39 is 0 Å². The molecular weight excluding hydrogens is 214 g/mol. The summed E-state index contributed by atoms with van der Waals surface area (Å²) < 4.78 is 5.71. The van der Waals surface area contributed by atoms with Crippen molar-refractivity contribution in [2.24, 2.45) is 11.7 Å². The van der Waals surface area contributed by atoms with Gasteiger partial charge in [0.05, 0.1) is 6.61 Å². The van der Waals surface area contributed by atoms with Gasteiger partial charge in [-0.15, -0.1) is 0 Å². The second-order valence-corrected chi connectivity index (χ2v) is 5.86. The van der Waals surface area contributed by atoms with Crippen molar-refractivity contribution in [3.8, 4) is 0 Å². The van der Waals surface area contributed by atoms with Crippen molar-refractivity contribution in [2.45, 2.75) is 24.8 Å². The van der Waals surface area contributed by atoms with Crippen molar-refractivity contribution < 1.29 is 4.74 Å². The van der Waals surface area contributed by atoms with Crippen LogP contribution in [0.3, 0.4) is 0 Å². The molecule has 1 saturated carbocycles. The zero-order chi connectivity index (χ0) is 12.3. The first-order valence-electron chi connectivity index (χ1n) is 6.84. The summed E-state index contributed by atoms with van der Waals surface area (Å²) in [7, 11) is 4.36. The van der Waals surface area contributed by atoms with E-state index in [1.807, 2.05) is 0 Å². The third-order valence-corrected chi connectivity index (χ3v) is 4.33. The normalized spacial score (nSPS) is 30.4. The van der Waals surface area contributed by atoms with Gasteiger partial charge in [0.15, 0.2) is 0 Å². The van der Waals surface area contributed by atoms with E-state index in [1.165, 1.54) is 19.3 Å². The first kappa shape index (κ1) is 13.3. The predicted octanol–water partition coefficient (Wildman–Crippen LogP) is 0.378. The van der Waals surface area contributed by atoms with Crippen molar-refractivity contribution in [3.63, 3.8) is 0 Å². The second kappa shape index (κ2) is 5.65. The van der Waals surface area contributed by atoms with Gasteiger partial charge in [-0.3, -0.25) is 4.90 Å². The van der Waals surface area contributed by atoms with E-state index in [9.17, 15) is 0 Å². The molecule has 1 unspecified atom stereocenters. The highest BCUT2D eigenvalue weighted by Gasteiger charge is 2.38. The number of likely N-dealkylation sites (N-methyl/N-ethyl adjacent to an activating group) is 2. The molecule has 1 aliphatic carbocycles. The standard InChI is InChI=1S/C13H27N3O/c1-15-6-5-13(10-14,11-15)16(2)7-8-17-9-12-3-4-12/h12H,3-11,14H2,1-2H3. The van der Waals surface area contributed by atoms with Crippen LogP contribution in [0.15, 0.2) is 0 Å². The molecule has 2 aliphatic rings. The Hall–Kier alpha value is -0.160. The van der Waals surface area contributed by atoms with Crippen molar-refractivity contribution in [1.82, 2.24) is 9.80 Å². The minimum atomic E-state index is 0.178. The van der Waals surface area contributed by atoms with Crippen molar-refractivity contribution >= 4 is 0 Å². The molecule has 0 spiro atoms. The first-order valence-corrected chi connectivity index (χ1v) is 6.84. The average Bonchev–Trinajstić information content (AvgIpc) is 3.07. The van der Waals surface area contributed by atoms with Gasteiger partial charge in [-0.2, -0.15) is 0 Å². The lowest BCUT2D eigenvalue weighted by atomic mass is 9.97. The number of nitrogens with two attached hydrogens (primary N) is 1. The zero-order valence-electron chi connectivity index (χ0n) is 11.3. The number of rotatable bonds is 7. The summed E-state index contributed by atoms with van der Waals surface area (Å²) in [4.78, 5) is 4.78. The van der Waals surface area contributed by atoms with Gasteiger partial charge in [0.1, 0.15) is 0 Å². The van der Waals surface area contributed by atoms with Gasteiger partial charge >= 0.3 is 0 Å². The summed E-state index contributed by atoms with van der Waals surface area (Å²) in [6, 6.07) is 0. The van der Waals surface area contributed by atoms with Gasteiger partial charge in [-0.25, -0.2) is 0 Å². The molecule has 4 heteroatoms. The van der Waals surface area contributed by atoms with Gasteiger partial charge in [0, 0.05) is 31.8 Å². The molecule has 100 valence electrons. The predicted molar refractivity (Wildman–Crippen MR) is 70.1 cm³/mol. The minimum absolute atomic E-state index is 0.178. The molecule has 1 atom stereocenters. The van der Waals surface area contributed by atoms with Gasteiger partial charge in [-0.1, -0.05) is 0 Å². The van der Waals surface area contributed by atoms with E-state index in [2.05, 4.69) is 23.9 Å². The minimum Gasteiger partial charge on any atom is -0.380 e. The lowest BCUT2D eigenvalue weighted by Crippen LogP contribution is -2.54. The van der Waals surface area contributed by atoms with Crippen LogP contribution < -0.4 is 5.73 Å². The smallest absolute Gasteiger partial charge is 0.0593 e. The quantitative estimate of drug-likeness (QED) is 0.654. The topological polar surface area (TPSA) is 41.7 Å². The van der Waals surface area contributed by atoms with E-state index >= 15 is 0 Å². The lowest BCUT2D eigenvalue weighted by molar-refractivity contribution is 0.0628. The van der Waals surface area contributed by atoms with Gasteiger partial charge in [0.2, 0.25) is 0 Å². The summed E-state index contributed by atoms with van der Waals surface area (Å²) in [6.07, 6.45) is 3.92. The Morgan fingerprint density at radius 2 is 2.24 bits per heavy atom. The molecule has 2 fully saturated rings. The van der Waals surface area contributed by atoms with Crippen molar-refractivity contribution in [3.05, 3.63) is 0 Å². The molecule has 1 aliphatic heterocycles. The Balaban J connectivity index is 1.70. The molecule has 0 aromatic rings. The van der Waals surface area contributed by atoms with Crippen LogP contribution in [-0.2, 0) is 4.74 Å². The van der Waals surface area contributed by atoms with Crippen LogP contribution in [0, 0.1) is 5.92 Å². The van der Waals surface area contributed by atoms with E-state index in [1.54, 1.807) is 0 Å². The highest BCUT2D eigenvalue weighted by molar-refractivity contribution is 4.98. The second-order valence-electron chi connectivity index (χ2n) is 5.86. The lowest BCUT2D eigenvalue weighted by Gasteiger charge is -2.37. The molecule has 17 heavy (non-hydrogen) atoms. The van der Waals surface area contributed by atoms with Crippen LogP contribution >= 0.6 is 0 Å². The maximum absolute atomic E-state index is 5.99. The molecule has 0 aromatic carbocycles. The summed E-state index contributed by atoms with van der Waals surface area (Å²) in [5.74, 6) is 0.862. The summed E-state index contributed by atoms with van der Waals surface area (Å²) >= 11 is 0. The fourth-order valence-electron chi connectivity index (χ4n) is 2.67. The van der Waals surface area contributed by atoms with Crippen LogP contribution in [-0.4, -0.2) is 68.8 Å². The van der Waals surface area contributed by atoms with E-state index in [4.69, 9.17) is 10.5 Å². The SMILES string of the molecule is CN1CCC(CN)(N(C)CCOCC2CC2)C1. The fraction of sp³-hybridized carbons (Fsp3) is 1.00. The molecular formula is C13H27N3O. The molecule has 0 bridgehead atoms. The summed E-state index contributed by atoms with van der Waals surface area (Å²) in [6.45, 7) is 5.79. The monoisotopic (exact) mass is 241 g/mol. The molecule has 0 amide bonds. The molecule has 2 rings (SSSR count). The van der Waals surface area contributed by atoms with Crippen LogP contribution in [0.4, 0.5) is 0 Å². The van der Waals surface area contributed by atoms with Crippen LogP contribution in [0.2, 0.25) is 0 Å². The van der Waals surface area contributed by atoms with E-state index in [-0.39, 0.29) is 5.54 Å². The number of hydrogen-bond donors (Lipinski definition) is 1. The van der Waals surface area contributed by atoms with Crippen LogP contribution in [0.5, 0.6) is 0 Å².